The Morgan fingerprint density at radius 1 is 1.09 bits per heavy atom. The van der Waals surface area contributed by atoms with E-state index in [0.717, 1.165) is 38.5 Å². The van der Waals surface area contributed by atoms with Crippen molar-refractivity contribution in [3.63, 3.8) is 0 Å². The molecule has 0 heterocycles. The molecule has 4 heteroatoms. The Morgan fingerprint density at radius 2 is 1.78 bits per heavy atom. The van der Waals surface area contributed by atoms with Crippen molar-refractivity contribution in [3.05, 3.63) is 35.4 Å². The Labute approximate surface area is 138 Å². The molecule has 1 saturated carbocycles. The van der Waals surface area contributed by atoms with Gasteiger partial charge in [0.1, 0.15) is 0 Å². The number of hydrogen-bond acceptors (Lipinski definition) is 2. The zero-order valence-electron chi connectivity index (χ0n) is 14.1. The van der Waals surface area contributed by atoms with E-state index in [-0.39, 0.29) is 29.6 Å². The minimum absolute atomic E-state index is 0.0779. The zero-order valence-corrected chi connectivity index (χ0v) is 14.1. The number of aliphatic hydroxyl groups is 1. The molecule has 2 aliphatic rings. The number of carbonyl (C=O) groups excluding carboxylic acids is 1. The van der Waals surface area contributed by atoms with Gasteiger partial charge in [0.05, 0.1) is 12.1 Å². The number of urea groups is 1. The van der Waals surface area contributed by atoms with Gasteiger partial charge in [0.2, 0.25) is 0 Å². The molecule has 1 atom stereocenters. The van der Waals surface area contributed by atoms with Gasteiger partial charge in [-0.15, -0.1) is 0 Å². The molecule has 0 bridgehead atoms. The smallest absolute Gasteiger partial charge is 0.315 e. The Kier molecular flexibility index (Phi) is 4.62. The number of amides is 2. The highest BCUT2D eigenvalue weighted by Gasteiger charge is 2.33. The lowest BCUT2D eigenvalue weighted by Gasteiger charge is -2.37. The molecule has 126 valence electrons. The lowest BCUT2D eigenvalue weighted by molar-refractivity contribution is 0.117. The highest BCUT2D eigenvalue weighted by molar-refractivity contribution is 5.75. The molecule has 1 unspecified atom stereocenters. The highest BCUT2D eigenvalue weighted by atomic mass is 16.3. The number of rotatable bonds is 2. The van der Waals surface area contributed by atoms with Gasteiger partial charge in [-0.2, -0.15) is 0 Å². The van der Waals surface area contributed by atoms with Crippen LogP contribution in [0.15, 0.2) is 24.3 Å². The van der Waals surface area contributed by atoms with Crippen LogP contribution in [0.5, 0.6) is 0 Å². The van der Waals surface area contributed by atoms with E-state index in [2.05, 4.69) is 48.7 Å². The van der Waals surface area contributed by atoms with E-state index in [1.165, 1.54) is 11.1 Å². The van der Waals surface area contributed by atoms with Crippen molar-refractivity contribution in [2.45, 2.75) is 76.0 Å². The molecule has 0 radical (unpaired) electrons. The third-order valence-corrected chi connectivity index (χ3v) is 5.46. The summed E-state index contributed by atoms with van der Waals surface area (Å²) >= 11 is 0. The third kappa shape index (κ3) is 3.69. The predicted octanol–water partition coefficient (Wildman–Crippen LogP) is 3.40. The Balaban J connectivity index is 1.63. The Morgan fingerprint density at radius 3 is 2.52 bits per heavy atom. The third-order valence-electron chi connectivity index (χ3n) is 5.46. The van der Waals surface area contributed by atoms with Crippen molar-refractivity contribution in [3.8, 4) is 0 Å². The first-order chi connectivity index (χ1) is 11.0. The highest BCUT2D eigenvalue weighted by Crippen LogP contribution is 2.41. The minimum Gasteiger partial charge on any atom is -0.393 e. The topological polar surface area (TPSA) is 61.4 Å². The first-order valence-electron chi connectivity index (χ1n) is 8.80. The molecule has 3 rings (SSSR count). The standard InChI is InChI=1S/C19H28N2O2/c1-19(2)12-11-17(15-5-3-4-6-16(15)19)21-18(23)20-13-7-9-14(22)10-8-13/h3-6,13-14,17,22H,7-12H2,1-2H3,(H2,20,21,23). The number of fused-ring (bicyclic) bond motifs is 1. The van der Waals surface area contributed by atoms with E-state index >= 15 is 0 Å². The first kappa shape index (κ1) is 16.3. The molecule has 1 aromatic rings. The molecule has 4 nitrogen and oxygen atoms in total. The first-order valence-corrected chi connectivity index (χ1v) is 8.80. The Hall–Kier alpha value is -1.55. The van der Waals surface area contributed by atoms with Crippen LogP contribution in [0.25, 0.3) is 0 Å². The molecule has 3 N–H and O–H groups in total. The lowest BCUT2D eigenvalue weighted by atomic mass is 9.71. The van der Waals surface area contributed by atoms with Crippen LogP contribution in [0.1, 0.15) is 69.5 Å². The van der Waals surface area contributed by atoms with Gasteiger partial charge >= 0.3 is 6.03 Å². The van der Waals surface area contributed by atoms with Crippen LogP contribution in [-0.2, 0) is 5.41 Å². The lowest BCUT2D eigenvalue weighted by Crippen LogP contribution is -2.46. The van der Waals surface area contributed by atoms with Gasteiger partial charge in [-0.05, 0) is 55.1 Å². The molecular formula is C19H28N2O2. The van der Waals surface area contributed by atoms with Crippen LogP contribution < -0.4 is 10.6 Å². The van der Waals surface area contributed by atoms with Crippen LogP contribution in [0.3, 0.4) is 0 Å². The summed E-state index contributed by atoms with van der Waals surface area (Å²) in [6.45, 7) is 4.55. The average Bonchev–Trinajstić information content (AvgIpc) is 2.53. The summed E-state index contributed by atoms with van der Waals surface area (Å²) in [5.74, 6) is 0. The van der Waals surface area contributed by atoms with Crippen molar-refractivity contribution in [1.29, 1.82) is 0 Å². The second kappa shape index (κ2) is 6.52. The molecule has 0 spiro atoms. The molecule has 0 aromatic heterocycles. The summed E-state index contributed by atoms with van der Waals surface area (Å²) in [7, 11) is 0. The molecule has 2 aliphatic carbocycles. The van der Waals surface area contributed by atoms with Crippen molar-refractivity contribution < 1.29 is 9.90 Å². The van der Waals surface area contributed by atoms with Crippen LogP contribution in [0.4, 0.5) is 4.79 Å². The summed E-state index contributed by atoms with van der Waals surface area (Å²) in [4.78, 5) is 12.3. The molecule has 1 fully saturated rings. The molecule has 0 saturated heterocycles. The number of aliphatic hydroxyl groups excluding tert-OH is 1. The van der Waals surface area contributed by atoms with E-state index in [1.54, 1.807) is 0 Å². The summed E-state index contributed by atoms with van der Waals surface area (Å²) in [6.07, 6.45) is 5.15. The predicted molar refractivity (Wildman–Crippen MR) is 91.4 cm³/mol. The Bertz CT molecular complexity index is 562. The molecular weight excluding hydrogens is 288 g/mol. The van der Waals surface area contributed by atoms with E-state index in [1.807, 2.05) is 0 Å². The van der Waals surface area contributed by atoms with Crippen molar-refractivity contribution in [2.75, 3.05) is 0 Å². The van der Waals surface area contributed by atoms with E-state index < -0.39 is 0 Å². The SMILES string of the molecule is CC1(C)CCC(NC(=O)NC2CCC(O)CC2)c2ccccc21. The van der Waals surface area contributed by atoms with E-state index in [0.29, 0.717) is 0 Å². The maximum Gasteiger partial charge on any atom is 0.315 e. The van der Waals surface area contributed by atoms with Gasteiger partial charge in [-0.25, -0.2) is 4.79 Å². The number of carbonyl (C=O) groups is 1. The molecule has 0 aliphatic heterocycles. The van der Waals surface area contributed by atoms with Crippen LogP contribution in [-0.4, -0.2) is 23.3 Å². The fourth-order valence-electron chi connectivity index (χ4n) is 3.97. The van der Waals surface area contributed by atoms with Gasteiger partial charge in [-0.3, -0.25) is 0 Å². The summed E-state index contributed by atoms with van der Waals surface area (Å²) in [5.41, 5.74) is 2.76. The second-order valence-electron chi connectivity index (χ2n) is 7.69. The maximum absolute atomic E-state index is 12.3. The second-order valence-corrected chi connectivity index (χ2v) is 7.69. The molecule has 2 amide bonds. The largest absolute Gasteiger partial charge is 0.393 e. The van der Waals surface area contributed by atoms with Crippen LogP contribution >= 0.6 is 0 Å². The summed E-state index contributed by atoms with van der Waals surface area (Å²) in [5, 5.41) is 15.8. The van der Waals surface area contributed by atoms with Crippen molar-refractivity contribution in [1.82, 2.24) is 10.6 Å². The van der Waals surface area contributed by atoms with E-state index in [4.69, 9.17) is 0 Å². The van der Waals surface area contributed by atoms with Gasteiger partial charge in [0.25, 0.3) is 0 Å². The van der Waals surface area contributed by atoms with E-state index in [9.17, 15) is 9.90 Å². The monoisotopic (exact) mass is 316 g/mol. The van der Waals surface area contributed by atoms with Crippen molar-refractivity contribution >= 4 is 6.03 Å². The normalized spacial score (nSPS) is 29.4. The summed E-state index contributed by atoms with van der Waals surface area (Å²) in [6, 6.07) is 8.65. The van der Waals surface area contributed by atoms with Crippen molar-refractivity contribution in [2.24, 2.45) is 0 Å². The van der Waals surface area contributed by atoms with Crippen LogP contribution in [0.2, 0.25) is 0 Å². The fourth-order valence-corrected chi connectivity index (χ4v) is 3.97. The average molecular weight is 316 g/mol. The van der Waals surface area contributed by atoms with Gasteiger partial charge < -0.3 is 15.7 Å². The molecule has 1 aromatic carbocycles. The van der Waals surface area contributed by atoms with Gasteiger partial charge in [0, 0.05) is 6.04 Å². The number of hydrogen-bond donors (Lipinski definition) is 3. The fraction of sp³-hybridized carbons (Fsp3) is 0.632. The quantitative estimate of drug-likeness (QED) is 0.783. The number of nitrogens with one attached hydrogen (secondary N) is 2. The zero-order chi connectivity index (χ0) is 16.4. The summed E-state index contributed by atoms with van der Waals surface area (Å²) < 4.78 is 0. The maximum atomic E-state index is 12.3. The van der Waals surface area contributed by atoms with Gasteiger partial charge in [0.15, 0.2) is 0 Å². The molecule has 23 heavy (non-hydrogen) atoms. The van der Waals surface area contributed by atoms with Gasteiger partial charge in [-0.1, -0.05) is 38.1 Å². The minimum atomic E-state index is -0.191. The van der Waals surface area contributed by atoms with Crippen LogP contribution in [0, 0.1) is 0 Å². The number of benzene rings is 1.